The smallest absolute Gasteiger partial charge is 0.124 e. The Morgan fingerprint density at radius 3 is 3.18 bits per heavy atom. The minimum atomic E-state index is 0.609. The molecule has 1 saturated carbocycles. The summed E-state index contributed by atoms with van der Waals surface area (Å²) in [5.74, 6) is 1.82. The summed E-state index contributed by atoms with van der Waals surface area (Å²) >= 11 is 0. The number of imidazole rings is 1. The van der Waals surface area contributed by atoms with Crippen molar-refractivity contribution in [3.05, 3.63) is 18.2 Å². The van der Waals surface area contributed by atoms with Gasteiger partial charge >= 0.3 is 0 Å². The first-order valence-electron chi connectivity index (χ1n) is 6.17. The molecule has 0 aliphatic heterocycles. The first-order chi connectivity index (χ1) is 8.40. The molecule has 1 N–H and O–H groups in total. The maximum Gasteiger partial charge on any atom is 0.124 e. The molecule has 0 atom stereocenters. The Kier molecular flexibility index (Phi) is 4.97. The van der Waals surface area contributed by atoms with Crippen molar-refractivity contribution in [2.45, 2.75) is 26.1 Å². The van der Waals surface area contributed by atoms with Gasteiger partial charge in [0.25, 0.3) is 0 Å². The molecule has 2 rings (SSSR count). The van der Waals surface area contributed by atoms with E-state index in [2.05, 4.69) is 10.3 Å². The zero-order chi connectivity index (χ0) is 11.9. The second-order valence-electron chi connectivity index (χ2n) is 4.43. The Morgan fingerprint density at radius 2 is 2.41 bits per heavy atom. The number of ether oxygens (including phenoxy) is 2. The van der Waals surface area contributed by atoms with Gasteiger partial charge in [0.2, 0.25) is 0 Å². The fourth-order valence-electron chi connectivity index (χ4n) is 1.60. The van der Waals surface area contributed by atoms with Crippen molar-refractivity contribution in [2.24, 2.45) is 5.92 Å². The molecule has 0 saturated heterocycles. The van der Waals surface area contributed by atoms with Crippen molar-refractivity contribution in [1.29, 1.82) is 0 Å². The number of rotatable bonds is 9. The van der Waals surface area contributed by atoms with Crippen molar-refractivity contribution in [3.63, 3.8) is 0 Å². The molecule has 17 heavy (non-hydrogen) atoms. The number of hydrogen-bond acceptors (Lipinski definition) is 4. The highest BCUT2D eigenvalue weighted by Crippen LogP contribution is 2.28. The van der Waals surface area contributed by atoms with Gasteiger partial charge in [-0.3, -0.25) is 0 Å². The van der Waals surface area contributed by atoms with E-state index in [4.69, 9.17) is 9.47 Å². The Balaban J connectivity index is 1.67. The Bertz CT molecular complexity index is 323. The van der Waals surface area contributed by atoms with Crippen LogP contribution in [0.15, 0.2) is 12.4 Å². The number of hydrogen-bond donors (Lipinski definition) is 1. The standard InChI is InChI=1S/C12H21N3O2/c1-16-7-5-13-8-12-14-4-6-15(12)10-17-9-11-2-3-11/h4,6,11,13H,2-3,5,7-10H2,1H3. The van der Waals surface area contributed by atoms with Gasteiger partial charge in [0.15, 0.2) is 0 Å². The van der Waals surface area contributed by atoms with E-state index >= 15 is 0 Å². The minimum absolute atomic E-state index is 0.609. The maximum atomic E-state index is 5.64. The summed E-state index contributed by atoms with van der Waals surface area (Å²) in [4.78, 5) is 4.31. The SMILES string of the molecule is COCCNCc1nccn1COCC1CC1. The fraction of sp³-hybridized carbons (Fsp3) is 0.750. The number of nitrogens with one attached hydrogen (secondary N) is 1. The van der Waals surface area contributed by atoms with Gasteiger partial charge in [0, 0.05) is 26.0 Å². The van der Waals surface area contributed by atoms with Crippen LogP contribution >= 0.6 is 0 Å². The summed E-state index contributed by atoms with van der Waals surface area (Å²) in [6, 6.07) is 0. The first-order valence-corrected chi connectivity index (χ1v) is 6.17. The van der Waals surface area contributed by atoms with Crippen molar-refractivity contribution >= 4 is 0 Å². The van der Waals surface area contributed by atoms with Crippen LogP contribution in [0.5, 0.6) is 0 Å². The molecular weight excluding hydrogens is 218 g/mol. The molecule has 5 heteroatoms. The largest absolute Gasteiger partial charge is 0.383 e. The fourth-order valence-corrected chi connectivity index (χ4v) is 1.60. The molecule has 0 aromatic carbocycles. The third kappa shape index (κ3) is 4.46. The summed E-state index contributed by atoms with van der Waals surface area (Å²) < 4.78 is 12.7. The Hall–Kier alpha value is -0.910. The Labute approximate surface area is 102 Å². The van der Waals surface area contributed by atoms with Crippen LogP contribution < -0.4 is 5.32 Å². The Morgan fingerprint density at radius 1 is 1.53 bits per heavy atom. The molecule has 0 spiro atoms. The van der Waals surface area contributed by atoms with Gasteiger partial charge in [-0.2, -0.15) is 0 Å². The van der Waals surface area contributed by atoms with Crippen molar-refractivity contribution < 1.29 is 9.47 Å². The van der Waals surface area contributed by atoms with Crippen LogP contribution in [-0.4, -0.2) is 36.4 Å². The van der Waals surface area contributed by atoms with Gasteiger partial charge in [0.1, 0.15) is 12.6 Å². The number of aromatic nitrogens is 2. The highest BCUT2D eigenvalue weighted by atomic mass is 16.5. The highest BCUT2D eigenvalue weighted by molar-refractivity contribution is 4.91. The molecule has 1 aromatic rings. The third-order valence-electron chi connectivity index (χ3n) is 2.85. The van der Waals surface area contributed by atoms with E-state index in [1.165, 1.54) is 12.8 Å². The van der Waals surface area contributed by atoms with Crippen LogP contribution in [0.4, 0.5) is 0 Å². The van der Waals surface area contributed by atoms with Gasteiger partial charge in [-0.05, 0) is 18.8 Å². The van der Waals surface area contributed by atoms with Crippen LogP contribution in [0.3, 0.4) is 0 Å². The average molecular weight is 239 g/mol. The van der Waals surface area contributed by atoms with Gasteiger partial charge < -0.3 is 19.4 Å². The van der Waals surface area contributed by atoms with E-state index < -0.39 is 0 Å². The summed E-state index contributed by atoms with van der Waals surface area (Å²) in [5.41, 5.74) is 0. The van der Waals surface area contributed by atoms with E-state index in [0.29, 0.717) is 6.73 Å². The summed E-state index contributed by atoms with van der Waals surface area (Å²) in [6.07, 6.45) is 6.43. The lowest BCUT2D eigenvalue weighted by atomic mass is 10.5. The van der Waals surface area contributed by atoms with E-state index in [1.807, 2.05) is 17.0 Å². The molecular formula is C12H21N3O2. The molecule has 5 nitrogen and oxygen atoms in total. The second-order valence-corrected chi connectivity index (χ2v) is 4.43. The van der Waals surface area contributed by atoms with Crippen molar-refractivity contribution in [2.75, 3.05) is 26.9 Å². The van der Waals surface area contributed by atoms with Crippen LogP contribution in [0, 0.1) is 5.92 Å². The minimum Gasteiger partial charge on any atom is -0.383 e. The van der Waals surface area contributed by atoms with E-state index in [1.54, 1.807) is 7.11 Å². The van der Waals surface area contributed by atoms with E-state index in [-0.39, 0.29) is 0 Å². The van der Waals surface area contributed by atoms with Crippen LogP contribution in [0.25, 0.3) is 0 Å². The predicted molar refractivity (Wildman–Crippen MR) is 64.5 cm³/mol. The molecule has 0 bridgehead atoms. The molecule has 1 heterocycles. The summed E-state index contributed by atoms with van der Waals surface area (Å²) in [5, 5.41) is 3.28. The average Bonchev–Trinajstić information content (AvgIpc) is 3.05. The predicted octanol–water partition coefficient (Wildman–Crippen LogP) is 1.00. The molecule has 1 aromatic heterocycles. The van der Waals surface area contributed by atoms with Gasteiger partial charge in [-0.15, -0.1) is 0 Å². The molecule has 0 unspecified atom stereocenters. The number of nitrogens with zero attached hydrogens (tertiary/aromatic N) is 2. The maximum absolute atomic E-state index is 5.64. The van der Waals surface area contributed by atoms with Crippen molar-refractivity contribution in [1.82, 2.24) is 14.9 Å². The second kappa shape index (κ2) is 6.74. The zero-order valence-electron chi connectivity index (χ0n) is 10.4. The lowest BCUT2D eigenvalue weighted by Crippen LogP contribution is -2.21. The van der Waals surface area contributed by atoms with Crippen LogP contribution in [0.1, 0.15) is 18.7 Å². The van der Waals surface area contributed by atoms with E-state index in [0.717, 1.165) is 38.0 Å². The van der Waals surface area contributed by atoms with Gasteiger partial charge in [0.05, 0.1) is 19.8 Å². The monoisotopic (exact) mass is 239 g/mol. The molecule has 0 amide bonds. The quantitative estimate of drug-likeness (QED) is 0.653. The number of methoxy groups -OCH3 is 1. The zero-order valence-corrected chi connectivity index (χ0v) is 10.4. The summed E-state index contributed by atoms with van der Waals surface area (Å²) in [7, 11) is 1.70. The topological polar surface area (TPSA) is 48.3 Å². The highest BCUT2D eigenvalue weighted by Gasteiger charge is 2.21. The molecule has 96 valence electrons. The first kappa shape index (κ1) is 12.5. The van der Waals surface area contributed by atoms with E-state index in [9.17, 15) is 0 Å². The van der Waals surface area contributed by atoms with Gasteiger partial charge in [-0.25, -0.2) is 4.98 Å². The third-order valence-corrected chi connectivity index (χ3v) is 2.85. The summed E-state index contributed by atoms with van der Waals surface area (Å²) in [6.45, 7) is 3.81. The van der Waals surface area contributed by atoms with Crippen LogP contribution in [-0.2, 0) is 22.7 Å². The molecule has 1 aliphatic rings. The van der Waals surface area contributed by atoms with Gasteiger partial charge in [-0.1, -0.05) is 0 Å². The molecule has 0 radical (unpaired) electrons. The van der Waals surface area contributed by atoms with Crippen molar-refractivity contribution in [3.8, 4) is 0 Å². The normalized spacial score (nSPS) is 15.4. The lowest BCUT2D eigenvalue weighted by Gasteiger charge is -2.09. The lowest BCUT2D eigenvalue weighted by molar-refractivity contribution is 0.0669. The molecule has 1 fully saturated rings. The van der Waals surface area contributed by atoms with Crippen LogP contribution in [0.2, 0.25) is 0 Å². The molecule has 1 aliphatic carbocycles.